The number of benzene rings is 3. The lowest BCUT2D eigenvalue weighted by Gasteiger charge is -2.27. The fourth-order valence-corrected chi connectivity index (χ4v) is 5.47. The molecule has 1 fully saturated rings. The Hall–Kier alpha value is -3.00. The van der Waals surface area contributed by atoms with Gasteiger partial charge in [0.25, 0.3) is 5.91 Å². The van der Waals surface area contributed by atoms with Gasteiger partial charge in [-0.05, 0) is 48.4 Å². The van der Waals surface area contributed by atoms with Crippen molar-refractivity contribution in [1.29, 1.82) is 0 Å². The molecule has 164 valence electrons. The van der Waals surface area contributed by atoms with Gasteiger partial charge in [-0.1, -0.05) is 60.1 Å². The minimum Gasteiger partial charge on any atom is -0.274 e. The third kappa shape index (κ3) is 4.46. The number of anilines is 1. The van der Waals surface area contributed by atoms with E-state index in [9.17, 15) is 18.0 Å². The maximum Gasteiger partial charge on any atom is 0.252 e. The highest BCUT2D eigenvalue weighted by molar-refractivity contribution is 7.89. The molecule has 1 atom stereocenters. The summed E-state index contributed by atoms with van der Waals surface area (Å²) in [6.45, 7) is 0.0568. The van der Waals surface area contributed by atoms with Crippen LogP contribution in [0.3, 0.4) is 0 Å². The SMILES string of the molecule is O=C1CC(N(CCc2ccccc2)S(=O)(=O)c2ccc(Cl)cc2)C(=O)N1c1ccccc1. The second-order valence-electron chi connectivity index (χ2n) is 7.43. The van der Waals surface area contributed by atoms with Crippen molar-refractivity contribution in [1.82, 2.24) is 4.31 Å². The van der Waals surface area contributed by atoms with E-state index >= 15 is 0 Å². The van der Waals surface area contributed by atoms with Gasteiger partial charge >= 0.3 is 0 Å². The summed E-state index contributed by atoms with van der Waals surface area (Å²) in [5, 5.41) is 0.405. The normalized spacial score (nSPS) is 16.7. The van der Waals surface area contributed by atoms with E-state index in [-0.39, 0.29) is 17.9 Å². The summed E-state index contributed by atoms with van der Waals surface area (Å²) < 4.78 is 28.2. The van der Waals surface area contributed by atoms with Crippen LogP contribution in [0.5, 0.6) is 0 Å². The van der Waals surface area contributed by atoms with Crippen LogP contribution in [0, 0.1) is 0 Å². The van der Waals surface area contributed by atoms with E-state index in [0.717, 1.165) is 14.8 Å². The minimum absolute atomic E-state index is 0.0216. The fraction of sp³-hybridized carbons (Fsp3) is 0.167. The zero-order chi connectivity index (χ0) is 22.7. The molecule has 32 heavy (non-hydrogen) atoms. The van der Waals surface area contributed by atoms with Crippen molar-refractivity contribution in [3.63, 3.8) is 0 Å². The van der Waals surface area contributed by atoms with Crippen molar-refractivity contribution < 1.29 is 18.0 Å². The van der Waals surface area contributed by atoms with Gasteiger partial charge in [0.2, 0.25) is 15.9 Å². The molecule has 1 saturated heterocycles. The van der Waals surface area contributed by atoms with Crippen molar-refractivity contribution >= 4 is 39.1 Å². The first-order chi connectivity index (χ1) is 15.4. The fourth-order valence-electron chi connectivity index (χ4n) is 3.76. The number of carbonyl (C=O) groups excluding carboxylic acids is 2. The molecule has 1 aliphatic rings. The Balaban J connectivity index is 1.69. The molecule has 1 heterocycles. The van der Waals surface area contributed by atoms with Crippen LogP contribution in [-0.2, 0) is 26.0 Å². The lowest BCUT2D eigenvalue weighted by atomic mass is 10.1. The zero-order valence-electron chi connectivity index (χ0n) is 17.1. The van der Waals surface area contributed by atoms with Crippen molar-refractivity contribution in [2.24, 2.45) is 0 Å². The van der Waals surface area contributed by atoms with E-state index in [1.165, 1.54) is 24.3 Å². The van der Waals surface area contributed by atoms with Crippen molar-refractivity contribution in [3.8, 4) is 0 Å². The minimum atomic E-state index is -4.06. The molecule has 0 saturated carbocycles. The van der Waals surface area contributed by atoms with Crippen LogP contribution >= 0.6 is 11.6 Å². The molecule has 4 rings (SSSR count). The highest BCUT2D eigenvalue weighted by Gasteiger charge is 2.46. The molecule has 0 aromatic heterocycles. The monoisotopic (exact) mass is 468 g/mol. The summed E-state index contributed by atoms with van der Waals surface area (Å²) >= 11 is 5.93. The molecule has 1 unspecified atom stereocenters. The number of nitrogens with zero attached hydrogens (tertiary/aromatic N) is 2. The first kappa shape index (κ1) is 22.2. The number of halogens is 1. The van der Waals surface area contributed by atoms with Gasteiger partial charge in [0.15, 0.2) is 0 Å². The lowest BCUT2D eigenvalue weighted by Crippen LogP contribution is -2.46. The number of sulfonamides is 1. The Kier molecular flexibility index (Phi) is 6.41. The van der Waals surface area contributed by atoms with Gasteiger partial charge < -0.3 is 0 Å². The lowest BCUT2D eigenvalue weighted by molar-refractivity contribution is -0.122. The van der Waals surface area contributed by atoms with Crippen LogP contribution in [0.4, 0.5) is 5.69 Å². The van der Waals surface area contributed by atoms with Crippen LogP contribution in [0.25, 0.3) is 0 Å². The quantitative estimate of drug-likeness (QED) is 0.493. The molecular formula is C24H21ClN2O4S. The van der Waals surface area contributed by atoms with E-state index in [1.54, 1.807) is 30.3 Å². The highest BCUT2D eigenvalue weighted by atomic mass is 35.5. The molecule has 0 N–H and O–H groups in total. The Morgan fingerprint density at radius 2 is 1.47 bits per heavy atom. The first-order valence-electron chi connectivity index (χ1n) is 10.1. The summed E-state index contributed by atoms with van der Waals surface area (Å²) in [6.07, 6.45) is 0.187. The van der Waals surface area contributed by atoms with Crippen LogP contribution in [0.2, 0.25) is 5.02 Å². The Morgan fingerprint density at radius 1 is 0.875 bits per heavy atom. The van der Waals surface area contributed by atoms with Gasteiger partial charge in [-0.2, -0.15) is 4.31 Å². The summed E-state index contributed by atoms with van der Waals surface area (Å²) in [5.41, 5.74) is 1.36. The number of imide groups is 1. The van der Waals surface area contributed by atoms with Crippen LogP contribution in [0.15, 0.2) is 89.8 Å². The number of hydrogen-bond donors (Lipinski definition) is 0. The molecule has 6 nitrogen and oxygen atoms in total. The Morgan fingerprint density at radius 3 is 2.09 bits per heavy atom. The zero-order valence-corrected chi connectivity index (χ0v) is 18.7. The number of hydrogen-bond acceptors (Lipinski definition) is 4. The van der Waals surface area contributed by atoms with Crippen LogP contribution < -0.4 is 4.90 Å². The maximum atomic E-state index is 13.5. The first-order valence-corrected chi connectivity index (χ1v) is 11.9. The van der Waals surface area contributed by atoms with E-state index in [1.807, 2.05) is 30.3 Å². The topological polar surface area (TPSA) is 74.8 Å². The Bertz CT molecular complexity index is 1220. The largest absolute Gasteiger partial charge is 0.274 e. The second kappa shape index (κ2) is 9.24. The molecule has 0 spiro atoms. The van der Waals surface area contributed by atoms with Gasteiger partial charge in [0, 0.05) is 11.6 Å². The van der Waals surface area contributed by atoms with E-state index in [4.69, 9.17) is 11.6 Å². The molecule has 0 bridgehead atoms. The predicted octanol–water partition coefficient (Wildman–Crippen LogP) is 3.91. The van der Waals surface area contributed by atoms with Crippen molar-refractivity contribution in [2.75, 3.05) is 11.4 Å². The summed E-state index contributed by atoms with van der Waals surface area (Å²) in [7, 11) is -4.06. The average Bonchev–Trinajstić information content (AvgIpc) is 3.09. The molecule has 3 aromatic rings. The van der Waals surface area contributed by atoms with Gasteiger partial charge in [0.05, 0.1) is 17.0 Å². The number of para-hydroxylation sites is 1. The molecule has 2 amide bonds. The number of carbonyl (C=O) groups is 2. The highest BCUT2D eigenvalue weighted by Crippen LogP contribution is 2.29. The maximum absolute atomic E-state index is 13.5. The van der Waals surface area contributed by atoms with E-state index in [2.05, 4.69) is 0 Å². The number of rotatable bonds is 7. The molecular weight excluding hydrogens is 448 g/mol. The summed E-state index contributed by atoms with van der Waals surface area (Å²) in [6, 6.07) is 22.6. The van der Waals surface area contributed by atoms with Crippen LogP contribution in [-0.4, -0.2) is 37.1 Å². The third-order valence-corrected chi connectivity index (χ3v) is 7.54. The summed E-state index contributed by atoms with van der Waals surface area (Å²) in [4.78, 5) is 27.1. The smallest absolute Gasteiger partial charge is 0.252 e. The molecule has 8 heteroatoms. The molecule has 0 radical (unpaired) electrons. The molecule has 1 aliphatic heterocycles. The van der Waals surface area contributed by atoms with Gasteiger partial charge in [-0.25, -0.2) is 13.3 Å². The van der Waals surface area contributed by atoms with Crippen molar-refractivity contribution in [3.05, 3.63) is 95.5 Å². The summed E-state index contributed by atoms with van der Waals surface area (Å²) in [5.74, 6) is -0.978. The van der Waals surface area contributed by atoms with Gasteiger partial charge in [-0.3, -0.25) is 9.59 Å². The van der Waals surface area contributed by atoms with Crippen molar-refractivity contribution in [2.45, 2.75) is 23.8 Å². The van der Waals surface area contributed by atoms with Gasteiger partial charge in [0.1, 0.15) is 6.04 Å². The predicted molar refractivity (Wildman–Crippen MR) is 123 cm³/mol. The third-order valence-electron chi connectivity index (χ3n) is 5.37. The second-order valence-corrected chi connectivity index (χ2v) is 9.76. The van der Waals surface area contributed by atoms with Gasteiger partial charge in [-0.15, -0.1) is 0 Å². The number of amides is 2. The van der Waals surface area contributed by atoms with E-state index in [0.29, 0.717) is 17.1 Å². The molecule has 0 aliphatic carbocycles. The average molecular weight is 469 g/mol. The van der Waals surface area contributed by atoms with E-state index < -0.39 is 27.9 Å². The Labute approximate surface area is 192 Å². The standard InChI is InChI=1S/C24H21ClN2O4S/c25-19-11-13-21(14-12-19)32(30,31)26(16-15-18-7-3-1-4-8-18)22-17-23(28)27(24(22)29)20-9-5-2-6-10-20/h1-14,22H,15-17H2. The molecule has 3 aromatic carbocycles. The van der Waals surface area contributed by atoms with Crippen LogP contribution in [0.1, 0.15) is 12.0 Å².